The van der Waals surface area contributed by atoms with E-state index < -0.39 is 16.6 Å². The van der Waals surface area contributed by atoms with Gasteiger partial charge in [-0.1, -0.05) is 41.0 Å². The van der Waals surface area contributed by atoms with Gasteiger partial charge in [-0.2, -0.15) is 0 Å². The zero-order valence-corrected chi connectivity index (χ0v) is 15.4. The zero-order valence-electron chi connectivity index (χ0n) is 15.4. The van der Waals surface area contributed by atoms with Gasteiger partial charge in [0.1, 0.15) is 5.75 Å². The normalized spacial score (nSPS) is 25.1. The van der Waals surface area contributed by atoms with Crippen LogP contribution in [-0.4, -0.2) is 26.2 Å². The molecule has 0 heterocycles. The summed E-state index contributed by atoms with van der Waals surface area (Å²) in [6.45, 7) is 9.29. The van der Waals surface area contributed by atoms with Gasteiger partial charge in [0.2, 0.25) is 5.78 Å². The number of carbonyl (C=O) groups is 1. The van der Waals surface area contributed by atoms with Gasteiger partial charge in [0.15, 0.2) is 17.3 Å². The first-order chi connectivity index (χ1) is 11.4. The number of aromatic hydroxyl groups is 3. The van der Waals surface area contributed by atoms with E-state index in [2.05, 4.69) is 0 Å². The molecule has 136 valence electrons. The lowest BCUT2D eigenvalue weighted by Gasteiger charge is -2.49. The summed E-state index contributed by atoms with van der Waals surface area (Å²) in [6.07, 6.45) is 2.28. The maximum atomic E-state index is 12.9. The van der Waals surface area contributed by atoms with E-state index in [1.54, 1.807) is 13.8 Å². The number of fused-ring (bicyclic) bond motifs is 3. The van der Waals surface area contributed by atoms with Gasteiger partial charge in [0, 0.05) is 16.5 Å². The van der Waals surface area contributed by atoms with Crippen molar-refractivity contribution in [3.05, 3.63) is 28.0 Å². The lowest BCUT2D eigenvalue weighted by Crippen LogP contribution is -2.43. The minimum absolute atomic E-state index is 0.0829. The van der Waals surface area contributed by atoms with Crippen LogP contribution in [0, 0.1) is 5.41 Å². The number of phenolic OH excluding ortho intramolecular Hbond substituents is 3. The van der Waals surface area contributed by atoms with Crippen LogP contribution in [-0.2, 0) is 5.41 Å². The Balaban J connectivity index is 2.46. The number of ketones is 1. The molecular weight excluding hydrogens is 320 g/mol. The van der Waals surface area contributed by atoms with Crippen LogP contribution in [0.4, 0.5) is 0 Å². The van der Waals surface area contributed by atoms with Crippen molar-refractivity contribution in [1.29, 1.82) is 0 Å². The SMILES string of the molecule is CC(C)c1c(O)c(O)c2c(c1O)C(=O)C(O)=C1C(C)(C)CCCC12C. The maximum absolute atomic E-state index is 12.9. The molecule has 5 heteroatoms. The van der Waals surface area contributed by atoms with Gasteiger partial charge >= 0.3 is 0 Å². The molecule has 5 nitrogen and oxygen atoms in total. The fourth-order valence-corrected chi connectivity index (χ4v) is 4.98. The van der Waals surface area contributed by atoms with Crippen molar-refractivity contribution in [3.63, 3.8) is 0 Å². The fourth-order valence-electron chi connectivity index (χ4n) is 4.98. The minimum Gasteiger partial charge on any atom is -0.507 e. The van der Waals surface area contributed by atoms with Gasteiger partial charge in [-0.05, 0) is 29.7 Å². The van der Waals surface area contributed by atoms with Gasteiger partial charge in [-0.3, -0.25) is 4.79 Å². The molecule has 4 N–H and O–H groups in total. The number of benzene rings is 1. The summed E-state index contributed by atoms with van der Waals surface area (Å²) in [5.74, 6) is -2.42. The smallest absolute Gasteiger partial charge is 0.231 e. The van der Waals surface area contributed by atoms with Gasteiger partial charge < -0.3 is 20.4 Å². The van der Waals surface area contributed by atoms with E-state index in [1.807, 2.05) is 20.8 Å². The number of aliphatic hydroxyl groups is 1. The quantitative estimate of drug-likeness (QED) is 0.446. The number of carbonyl (C=O) groups excluding carboxylic acids is 1. The van der Waals surface area contributed by atoms with Gasteiger partial charge in [0.25, 0.3) is 0 Å². The lowest BCUT2D eigenvalue weighted by molar-refractivity contribution is 0.0934. The van der Waals surface area contributed by atoms with E-state index in [0.29, 0.717) is 12.0 Å². The molecule has 1 unspecified atom stereocenters. The second kappa shape index (κ2) is 5.16. The predicted molar refractivity (Wildman–Crippen MR) is 94.5 cm³/mol. The third-order valence-corrected chi connectivity index (χ3v) is 5.97. The average molecular weight is 346 g/mol. The van der Waals surface area contributed by atoms with Crippen molar-refractivity contribution in [2.24, 2.45) is 5.41 Å². The van der Waals surface area contributed by atoms with Crippen molar-refractivity contribution in [3.8, 4) is 17.2 Å². The number of aliphatic hydroxyl groups excluding tert-OH is 1. The molecule has 3 rings (SSSR count). The van der Waals surface area contributed by atoms with Crippen LogP contribution in [0.25, 0.3) is 0 Å². The van der Waals surface area contributed by atoms with Gasteiger partial charge in [-0.25, -0.2) is 0 Å². The van der Waals surface area contributed by atoms with Gasteiger partial charge in [0.05, 0.1) is 5.56 Å². The zero-order chi connectivity index (χ0) is 18.9. The molecule has 25 heavy (non-hydrogen) atoms. The van der Waals surface area contributed by atoms with Crippen molar-refractivity contribution >= 4 is 5.78 Å². The summed E-state index contributed by atoms with van der Waals surface area (Å²) < 4.78 is 0. The topological polar surface area (TPSA) is 98.0 Å². The summed E-state index contributed by atoms with van der Waals surface area (Å²) >= 11 is 0. The fraction of sp³-hybridized carbons (Fsp3) is 0.550. The van der Waals surface area contributed by atoms with E-state index in [4.69, 9.17) is 0 Å². The second-order valence-corrected chi connectivity index (χ2v) is 8.49. The number of rotatable bonds is 1. The molecule has 1 aromatic rings. The first kappa shape index (κ1) is 17.6. The Hall–Kier alpha value is -2.17. The van der Waals surface area contributed by atoms with Crippen LogP contribution in [0.3, 0.4) is 0 Å². The highest BCUT2D eigenvalue weighted by Crippen LogP contribution is 2.61. The van der Waals surface area contributed by atoms with Crippen molar-refractivity contribution in [2.45, 2.75) is 65.2 Å². The standard InChI is InChI=1S/C20H26O5/c1-9(2)10-13(21)11-12(16(24)14(10)22)20(5)8-6-7-19(3,4)18(20)17(25)15(11)23/h9,21-22,24-25H,6-8H2,1-5H3. The van der Waals surface area contributed by atoms with Crippen molar-refractivity contribution in [1.82, 2.24) is 0 Å². The van der Waals surface area contributed by atoms with E-state index in [1.165, 1.54) is 0 Å². The summed E-state index contributed by atoms with van der Waals surface area (Å²) in [7, 11) is 0. The highest BCUT2D eigenvalue weighted by molar-refractivity contribution is 6.13. The Labute approximate surface area is 147 Å². The molecule has 2 aliphatic carbocycles. The monoisotopic (exact) mass is 346 g/mol. The van der Waals surface area contributed by atoms with E-state index in [9.17, 15) is 25.2 Å². The van der Waals surface area contributed by atoms with Gasteiger partial charge in [-0.15, -0.1) is 0 Å². The lowest BCUT2D eigenvalue weighted by atomic mass is 9.54. The maximum Gasteiger partial charge on any atom is 0.231 e. The molecule has 0 bridgehead atoms. The predicted octanol–water partition coefficient (Wildman–Crippen LogP) is 4.40. The average Bonchev–Trinajstić information content (AvgIpc) is 2.47. The summed E-state index contributed by atoms with van der Waals surface area (Å²) in [6, 6.07) is 0. The van der Waals surface area contributed by atoms with Crippen LogP contribution >= 0.6 is 0 Å². The molecule has 1 fully saturated rings. The number of Topliss-reactive ketones (excluding diaryl/α,β-unsaturated/α-hetero) is 1. The molecule has 0 amide bonds. The summed E-state index contributed by atoms with van der Waals surface area (Å²) in [4.78, 5) is 12.9. The van der Waals surface area contributed by atoms with Crippen molar-refractivity contribution < 1.29 is 25.2 Å². The number of hydrogen-bond acceptors (Lipinski definition) is 5. The molecule has 0 aliphatic heterocycles. The number of allylic oxidation sites excluding steroid dienone is 2. The Morgan fingerprint density at radius 1 is 0.920 bits per heavy atom. The molecule has 0 aromatic heterocycles. The largest absolute Gasteiger partial charge is 0.507 e. The van der Waals surface area contributed by atoms with Crippen molar-refractivity contribution in [2.75, 3.05) is 0 Å². The molecule has 0 spiro atoms. The molecule has 1 atom stereocenters. The van der Waals surface area contributed by atoms with Crippen LogP contribution in [0.1, 0.15) is 81.3 Å². The first-order valence-corrected chi connectivity index (χ1v) is 8.75. The van der Waals surface area contributed by atoms with E-state index in [0.717, 1.165) is 12.8 Å². The first-order valence-electron chi connectivity index (χ1n) is 8.75. The van der Waals surface area contributed by atoms with E-state index >= 15 is 0 Å². The number of hydrogen-bond donors (Lipinski definition) is 4. The molecule has 1 aromatic carbocycles. The Morgan fingerprint density at radius 3 is 2.08 bits per heavy atom. The molecule has 2 aliphatic rings. The Kier molecular flexibility index (Phi) is 3.64. The van der Waals surface area contributed by atoms with Crippen LogP contribution in [0.15, 0.2) is 11.3 Å². The third kappa shape index (κ3) is 2.11. The van der Waals surface area contributed by atoms with E-state index in [-0.39, 0.29) is 45.6 Å². The summed E-state index contributed by atoms with van der Waals surface area (Å²) in [5.41, 5.74) is -0.379. The Bertz CT molecular complexity index is 816. The minimum atomic E-state index is -0.816. The third-order valence-electron chi connectivity index (χ3n) is 5.97. The van der Waals surface area contributed by atoms with Crippen LogP contribution in [0.2, 0.25) is 0 Å². The van der Waals surface area contributed by atoms with Crippen LogP contribution < -0.4 is 0 Å². The van der Waals surface area contributed by atoms with Crippen LogP contribution in [0.5, 0.6) is 17.2 Å². The number of phenols is 3. The molecular formula is C20H26O5. The molecule has 0 saturated heterocycles. The molecule has 0 radical (unpaired) electrons. The highest BCUT2D eigenvalue weighted by Gasteiger charge is 2.53. The highest BCUT2D eigenvalue weighted by atomic mass is 16.3. The molecule has 1 saturated carbocycles. The Morgan fingerprint density at radius 2 is 1.52 bits per heavy atom. The summed E-state index contributed by atoms with van der Waals surface area (Å²) in [5, 5.41) is 42.7. The second-order valence-electron chi connectivity index (χ2n) is 8.49.